The van der Waals surface area contributed by atoms with Crippen molar-refractivity contribution < 1.29 is 5.11 Å². The number of nitrogens with one attached hydrogen (secondary N) is 1. The summed E-state index contributed by atoms with van der Waals surface area (Å²) in [7, 11) is 0. The number of hydrogen-bond acceptors (Lipinski definition) is 3. The SMILES string of the molecule is CCC(CC)N(CCC(CO)NC(C)C)CC(C)C. The Morgan fingerprint density at radius 2 is 1.63 bits per heavy atom. The van der Waals surface area contributed by atoms with Crippen molar-refractivity contribution in [3.63, 3.8) is 0 Å². The van der Waals surface area contributed by atoms with Crippen LogP contribution in [-0.2, 0) is 0 Å². The Bertz CT molecular complexity index is 203. The van der Waals surface area contributed by atoms with E-state index in [9.17, 15) is 5.11 Å². The highest BCUT2D eigenvalue weighted by atomic mass is 16.3. The largest absolute Gasteiger partial charge is 0.395 e. The molecule has 0 aliphatic carbocycles. The molecule has 19 heavy (non-hydrogen) atoms. The molecule has 3 heteroatoms. The summed E-state index contributed by atoms with van der Waals surface area (Å²) in [5.41, 5.74) is 0. The molecule has 0 bridgehead atoms. The fourth-order valence-corrected chi connectivity index (χ4v) is 2.72. The van der Waals surface area contributed by atoms with Gasteiger partial charge >= 0.3 is 0 Å². The Morgan fingerprint density at radius 3 is 2.00 bits per heavy atom. The van der Waals surface area contributed by atoms with Gasteiger partial charge in [0.05, 0.1) is 6.61 Å². The Hall–Kier alpha value is -0.120. The monoisotopic (exact) mass is 272 g/mol. The smallest absolute Gasteiger partial charge is 0.0585 e. The minimum Gasteiger partial charge on any atom is -0.395 e. The Morgan fingerprint density at radius 1 is 1.05 bits per heavy atom. The predicted octanol–water partition coefficient (Wildman–Crippen LogP) is 2.88. The zero-order valence-electron chi connectivity index (χ0n) is 13.9. The molecule has 0 aromatic carbocycles. The molecule has 0 saturated heterocycles. The molecule has 1 atom stereocenters. The first-order chi connectivity index (χ1) is 8.94. The molecule has 0 amide bonds. The highest BCUT2D eigenvalue weighted by Crippen LogP contribution is 2.12. The molecule has 0 aliphatic rings. The molecule has 0 spiro atoms. The van der Waals surface area contributed by atoms with Gasteiger partial charge < -0.3 is 15.3 Å². The lowest BCUT2D eigenvalue weighted by molar-refractivity contribution is 0.145. The topological polar surface area (TPSA) is 35.5 Å². The second-order valence-electron chi connectivity index (χ2n) is 6.35. The van der Waals surface area contributed by atoms with Crippen molar-refractivity contribution >= 4 is 0 Å². The van der Waals surface area contributed by atoms with Gasteiger partial charge in [-0.1, -0.05) is 41.5 Å². The highest BCUT2D eigenvalue weighted by Gasteiger charge is 2.18. The lowest BCUT2D eigenvalue weighted by Crippen LogP contribution is -2.43. The van der Waals surface area contributed by atoms with Crippen LogP contribution in [-0.4, -0.2) is 47.8 Å². The average molecular weight is 272 g/mol. The van der Waals surface area contributed by atoms with E-state index < -0.39 is 0 Å². The first-order valence-electron chi connectivity index (χ1n) is 8.05. The predicted molar refractivity (Wildman–Crippen MR) is 84.5 cm³/mol. The van der Waals surface area contributed by atoms with E-state index in [0.717, 1.165) is 19.5 Å². The van der Waals surface area contributed by atoms with E-state index in [2.05, 4.69) is 51.8 Å². The Labute approximate surface area is 120 Å². The fraction of sp³-hybridized carbons (Fsp3) is 1.00. The summed E-state index contributed by atoms with van der Waals surface area (Å²) in [6.45, 7) is 15.9. The summed E-state index contributed by atoms with van der Waals surface area (Å²) in [5, 5.41) is 12.9. The van der Waals surface area contributed by atoms with E-state index in [1.54, 1.807) is 0 Å². The minimum atomic E-state index is 0.226. The van der Waals surface area contributed by atoms with Gasteiger partial charge in [0.15, 0.2) is 0 Å². The van der Waals surface area contributed by atoms with Gasteiger partial charge in [-0.25, -0.2) is 0 Å². The second kappa shape index (κ2) is 10.6. The van der Waals surface area contributed by atoms with Crippen LogP contribution in [0, 0.1) is 5.92 Å². The van der Waals surface area contributed by atoms with Crippen LogP contribution in [0.4, 0.5) is 0 Å². The summed E-state index contributed by atoms with van der Waals surface area (Å²) in [5.74, 6) is 0.700. The van der Waals surface area contributed by atoms with Crippen molar-refractivity contribution in [3.05, 3.63) is 0 Å². The minimum absolute atomic E-state index is 0.226. The maximum absolute atomic E-state index is 9.44. The molecule has 116 valence electrons. The maximum atomic E-state index is 9.44. The molecule has 0 heterocycles. The van der Waals surface area contributed by atoms with Crippen LogP contribution < -0.4 is 5.32 Å². The molecule has 2 N–H and O–H groups in total. The van der Waals surface area contributed by atoms with Gasteiger partial charge in [-0.15, -0.1) is 0 Å². The van der Waals surface area contributed by atoms with Gasteiger partial charge in [-0.2, -0.15) is 0 Å². The third-order valence-corrected chi connectivity index (χ3v) is 3.61. The van der Waals surface area contributed by atoms with Crippen molar-refractivity contribution in [2.24, 2.45) is 5.92 Å². The van der Waals surface area contributed by atoms with Crippen molar-refractivity contribution in [1.82, 2.24) is 10.2 Å². The normalized spacial score (nSPS) is 14.1. The second-order valence-corrected chi connectivity index (χ2v) is 6.35. The summed E-state index contributed by atoms with van der Waals surface area (Å²) in [6, 6.07) is 1.34. The summed E-state index contributed by atoms with van der Waals surface area (Å²) in [6.07, 6.45) is 3.45. The number of aliphatic hydroxyl groups excluding tert-OH is 1. The van der Waals surface area contributed by atoms with Crippen LogP contribution in [0.1, 0.15) is 60.8 Å². The molecular formula is C16H36N2O. The van der Waals surface area contributed by atoms with Gasteiger partial charge in [0.25, 0.3) is 0 Å². The van der Waals surface area contributed by atoms with Crippen molar-refractivity contribution in [2.75, 3.05) is 19.7 Å². The van der Waals surface area contributed by atoms with Gasteiger partial charge in [-0.05, 0) is 25.2 Å². The van der Waals surface area contributed by atoms with Crippen LogP contribution in [0.15, 0.2) is 0 Å². The molecule has 0 fully saturated rings. The van der Waals surface area contributed by atoms with Crippen LogP contribution in [0.5, 0.6) is 0 Å². The zero-order chi connectivity index (χ0) is 14.8. The van der Waals surface area contributed by atoms with Gasteiger partial charge in [0.1, 0.15) is 0 Å². The molecule has 0 aromatic rings. The summed E-state index contributed by atoms with van der Waals surface area (Å²) >= 11 is 0. The number of aliphatic hydroxyl groups is 1. The maximum Gasteiger partial charge on any atom is 0.0585 e. The molecule has 3 nitrogen and oxygen atoms in total. The summed E-state index contributed by atoms with van der Waals surface area (Å²) < 4.78 is 0. The van der Waals surface area contributed by atoms with Gasteiger partial charge in [0.2, 0.25) is 0 Å². The highest BCUT2D eigenvalue weighted by molar-refractivity contribution is 4.75. The van der Waals surface area contributed by atoms with E-state index >= 15 is 0 Å². The van der Waals surface area contributed by atoms with Crippen LogP contribution in [0.3, 0.4) is 0 Å². The summed E-state index contributed by atoms with van der Waals surface area (Å²) in [4.78, 5) is 2.61. The third-order valence-electron chi connectivity index (χ3n) is 3.61. The van der Waals surface area contributed by atoms with Crippen molar-refractivity contribution in [1.29, 1.82) is 0 Å². The standard InChI is InChI=1S/C16H36N2O/c1-7-16(8-2)18(11-13(3)4)10-9-15(12-19)17-14(5)6/h13-17,19H,7-12H2,1-6H3. The van der Waals surface area contributed by atoms with E-state index in [0.29, 0.717) is 18.0 Å². The average Bonchev–Trinajstić information content (AvgIpc) is 2.34. The zero-order valence-corrected chi connectivity index (χ0v) is 13.9. The molecule has 0 radical (unpaired) electrons. The quantitative estimate of drug-likeness (QED) is 0.607. The molecule has 1 unspecified atom stereocenters. The van der Waals surface area contributed by atoms with Crippen LogP contribution in [0.25, 0.3) is 0 Å². The number of nitrogens with zero attached hydrogens (tertiary/aromatic N) is 1. The fourth-order valence-electron chi connectivity index (χ4n) is 2.72. The molecular weight excluding hydrogens is 236 g/mol. The Balaban J connectivity index is 4.37. The first kappa shape index (κ1) is 18.9. The van der Waals surface area contributed by atoms with E-state index in [1.807, 2.05) is 0 Å². The molecule has 0 rings (SSSR count). The lowest BCUT2D eigenvalue weighted by Gasteiger charge is -2.33. The lowest BCUT2D eigenvalue weighted by atomic mass is 10.1. The van der Waals surface area contributed by atoms with Crippen LogP contribution in [0.2, 0.25) is 0 Å². The van der Waals surface area contributed by atoms with Gasteiger partial charge in [-0.3, -0.25) is 0 Å². The number of hydrogen-bond donors (Lipinski definition) is 2. The van der Waals surface area contributed by atoms with Gasteiger partial charge in [0, 0.05) is 31.2 Å². The molecule has 0 aliphatic heterocycles. The van der Waals surface area contributed by atoms with E-state index in [1.165, 1.54) is 12.8 Å². The first-order valence-corrected chi connectivity index (χ1v) is 8.05. The van der Waals surface area contributed by atoms with E-state index in [4.69, 9.17) is 0 Å². The van der Waals surface area contributed by atoms with Crippen molar-refractivity contribution in [3.8, 4) is 0 Å². The number of rotatable bonds is 11. The Kier molecular flexibility index (Phi) is 10.6. The molecule has 0 aromatic heterocycles. The molecule has 0 saturated carbocycles. The van der Waals surface area contributed by atoms with E-state index in [-0.39, 0.29) is 12.6 Å². The van der Waals surface area contributed by atoms with Crippen LogP contribution >= 0.6 is 0 Å². The third kappa shape index (κ3) is 8.61. The van der Waals surface area contributed by atoms with Crippen molar-refractivity contribution in [2.45, 2.75) is 78.9 Å².